The molecule has 0 radical (unpaired) electrons. The lowest BCUT2D eigenvalue weighted by molar-refractivity contribution is 0.175. The van der Waals surface area contributed by atoms with E-state index >= 15 is 0 Å². The summed E-state index contributed by atoms with van der Waals surface area (Å²) in [5, 5.41) is 0. The van der Waals surface area contributed by atoms with Crippen LogP contribution in [-0.2, 0) is 14.8 Å². The predicted molar refractivity (Wildman–Crippen MR) is 76.3 cm³/mol. The zero-order valence-corrected chi connectivity index (χ0v) is 12.8. The first-order chi connectivity index (χ1) is 9.28. The Kier molecular flexibility index (Phi) is 5.91. The smallest absolute Gasteiger partial charge is 0.243 e. The molecule has 0 spiro atoms. The number of hydrogen-bond acceptors (Lipinski definition) is 4. The van der Waals surface area contributed by atoms with Crippen LogP contribution in [0.2, 0.25) is 0 Å². The van der Waals surface area contributed by atoms with Gasteiger partial charge < -0.3 is 10.5 Å². The third-order valence-corrected chi connectivity index (χ3v) is 4.58. The molecule has 0 aliphatic heterocycles. The fourth-order valence-electron chi connectivity index (χ4n) is 1.74. The minimum Gasteiger partial charge on any atom is -0.396 e. The van der Waals surface area contributed by atoms with Crippen molar-refractivity contribution in [2.45, 2.75) is 18.7 Å². The SMILES string of the molecule is COCCN(CC(C)C)S(=O)(=O)c1ccc(F)c(N)c1. The Labute approximate surface area is 119 Å². The average Bonchev–Trinajstić information content (AvgIpc) is 2.37. The molecule has 1 aromatic carbocycles. The van der Waals surface area contributed by atoms with Crippen molar-refractivity contribution in [2.24, 2.45) is 5.92 Å². The predicted octanol–water partition coefficient (Wildman–Crippen LogP) is 1.70. The lowest BCUT2D eigenvalue weighted by Gasteiger charge is -2.23. The molecule has 1 rings (SSSR count). The molecular formula is C13H21FN2O3S. The number of methoxy groups -OCH3 is 1. The Morgan fingerprint density at radius 2 is 2.05 bits per heavy atom. The molecule has 2 N–H and O–H groups in total. The molecule has 1 aromatic rings. The van der Waals surface area contributed by atoms with Gasteiger partial charge in [0, 0.05) is 20.2 Å². The molecule has 0 aliphatic rings. The highest BCUT2D eigenvalue weighted by Crippen LogP contribution is 2.21. The van der Waals surface area contributed by atoms with Crippen LogP contribution in [0.25, 0.3) is 0 Å². The van der Waals surface area contributed by atoms with Crippen LogP contribution in [0.1, 0.15) is 13.8 Å². The monoisotopic (exact) mass is 304 g/mol. The van der Waals surface area contributed by atoms with Crippen LogP contribution in [-0.4, -0.2) is 39.5 Å². The van der Waals surface area contributed by atoms with E-state index < -0.39 is 15.8 Å². The lowest BCUT2D eigenvalue weighted by atomic mass is 10.2. The maximum absolute atomic E-state index is 13.1. The van der Waals surface area contributed by atoms with E-state index in [1.807, 2.05) is 13.8 Å². The Morgan fingerprint density at radius 3 is 2.55 bits per heavy atom. The van der Waals surface area contributed by atoms with Crippen LogP contribution in [0.3, 0.4) is 0 Å². The van der Waals surface area contributed by atoms with E-state index in [1.165, 1.54) is 17.5 Å². The van der Waals surface area contributed by atoms with E-state index in [-0.39, 0.29) is 23.0 Å². The Morgan fingerprint density at radius 1 is 1.40 bits per heavy atom. The van der Waals surface area contributed by atoms with Gasteiger partial charge >= 0.3 is 0 Å². The quantitative estimate of drug-likeness (QED) is 0.778. The number of anilines is 1. The zero-order chi connectivity index (χ0) is 15.3. The maximum atomic E-state index is 13.1. The summed E-state index contributed by atoms with van der Waals surface area (Å²) in [5.74, 6) is -0.462. The third kappa shape index (κ3) is 4.16. The Balaban J connectivity index is 3.10. The standard InChI is InChI=1S/C13H21FN2O3S/c1-10(2)9-16(6-7-19-3)20(17,18)11-4-5-12(14)13(15)8-11/h4-5,8,10H,6-7,9,15H2,1-3H3. The van der Waals surface area contributed by atoms with Crippen molar-refractivity contribution in [3.8, 4) is 0 Å². The van der Waals surface area contributed by atoms with E-state index in [4.69, 9.17) is 10.5 Å². The molecule has 0 aliphatic carbocycles. The molecule has 20 heavy (non-hydrogen) atoms. The van der Waals surface area contributed by atoms with Crippen molar-refractivity contribution >= 4 is 15.7 Å². The van der Waals surface area contributed by atoms with Gasteiger partial charge in [0.2, 0.25) is 10.0 Å². The summed E-state index contributed by atoms with van der Waals surface area (Å²) in [6.07, 6.45) is 0. The van der Waals surface area contributed by atoms with Crippen LogP contribution in [0, 0.1) is 11.7 Å². The number of halogens is 1. The van der Waals surface area contributed by atoms with Gasteiger partial charge in [-0.05, 0) is 24.1 Å². The number of rotatable bonds is 7. The molecule has 0 saturated carbocycles. The van der Waals surface area contributed by atoms with Crippen LogP contribution < -0.4 is 5.73 Å². The molecule has 0 atom stereocenters. The topological polar surface area (TPSA) is 72.6 Å². The number of benzene rings is 1. The second kappa shape index (κ2) is 7.01. The van der Waals surface area contributed by atoms with Gasteiger partial charge in [-0.25, -0.2) is 12.8 Å². The molecule has 0 aromatic heterocycles. The molecule has 0 unspecified atom stereocenters. The van der Waals surface area contributed by atoms with Crippen molar-refractivity contribution in [3.63, 3.8) is 0 Å². The van der Waals surface area contributed by atoms with E-state index in [0.717, 1.165) is 12.1 Å². The number of nitrogens with two attached hydrogens (primary N) is 1. The van der Waals surface area contributed by atoms with E-state index in [2.05, 4.69) is 0 Å². The molecule has 0 amide bonds. The fraction of sp³-hybridized carbons (Fsp3) is 0.538. The van der Waals surface area contributed by atoms with Crippen molar-refractivity contribution in [1.29, 1.82) is 0 Å². The van der Waals surface area contributed by atoms with Crippen molar-refractivity contribution < 1.29 is 17.5 Å². The second-order valence-corrected chi connectivity index (χ2v) is 6.87. The summed E-state index contributed by atoms with van der Waals surface area (Å²) in [5.41, 5.74) is 5.26. The molecule has 0 heterocycles. The number of hydrogen-bond donors (Lipinski definition) is 1. The van der Waals surface area contributed by atoms with Crippen molar-refractivity contribution in [1.82, 2.24) is 4.31 Å². The summed E-state index contributed by atoms with van der Waals surface area (Å²) in [7, 11) is -2.19. The highest BCUT2D eigenvalue weighted by atomic mass is 32.2. The molecule has 0 bridgehead atoms. The van der Waals surface area contributed by atoms with Gasteiger partial charge in [-0.2, -0.15) is 4.31 Å². The maximum Gasteiger partial charge on any atom is 0.243 e. The van der Waals surface area contributed by atoms with Gasteiger partial charge in [-0.3, -0.25) is 0 Å². The van der Waals surface area contributed by atoms with E-state index in [1.54, 1.807) is 0 Å². The molecule has 7 heteroatoms. The second-order valence-electron chi connectivity index (χ2n) is 4.93. The lowest BCUT2D eigenvalue weighted by Crippen LogP contribution is -2.36. The van der Waals surface area contributed by atoms with Crippen LogP contribution in [0.15, 0.2) is 23.1 Å². The van der Waals surface area contributed by atoms with E-state index in [9.17, 15) is 12.8 Å². The molecule has 114 valence electrons. The molecule has 5 nitrogen and oxygen atoms in total. The normalized spacial score (nSPS) is 12.3. The van der Waals surface area contributed by atoms with Gasteiger partial charge in [0.15, 0.2) is 0 Å². The first-order valence-electron chi connectivity index (χ1n) is 6.33. The van der Waals surface area contributed by atoms with Crippen LogP contribution in [0.5, 0.6) is 0 Å². The minimum atomic E-state index is -3.70. The van der Waals surface area contributed by atoms with Crippen LogP contribution >= 0.6 is 0 Å². The Hall–Kier alpha value is -1.18. The van der Waals surface area contributed by atoms with Gasteiger partial charge in [0.05, 0.1) is 17.2 Å². The molecule has 0 fully saturated rings. The largest absolute Gasteiger partial charge is 0.396 e. The van der Waals surface area contributed by atoms with Gasteiger partial charge in [0.25, 0.3) is 0 Å². The summed E-state index contributed by atoms with van der Waals surface area (Å²) in [4.78, 5) is -0.00634. The first kappa shape index (κ1) is 16.9. The van der Waals surface area contributed by atoms with Gasteiger partial charge in [-0.15, -0.1) is 0 Å². The summed E-state index contributed by atoms with van der Waals surface area (Å²) >= 11 is 0. The number of sulfonamides is 1. The third-order valence-electron chi connectivity index (χ3n) is 2.72. The zero-order valence-electron chi connectivity index (χ0n) is 12.0. The first-order valence-corrected chi connectivity index (χ1v) is 7.77. The number of nitrogens with zero attached hydrogens (tertiary/aromatic N) is 1. The number of ether oxygens (including phenoxy) is 1. The van der Waals surface area contributed by atoms with Gasteiger partial charge in [0.1, 0.15) is 5.82 Å². The highest BCUT2D eigenvalue weighted by molar-refractivity contribution is 7.89. The number of nitrogen functional groups attached to an aromatic ring is 1. The molecule has 0 saturated heterocycles. The summed E-state index contributed by atoms with van der Waals surface area (Å²) in [6, 6.07) is 3.43. The summed E-state index contributed by atoms with van der Waals surface area (Å²) < 4.78 is 44.5. The van der Waals surface area contributed by atoms with E-state index in [0.29, 0.717) is 13.2 Å². The summed E-state index contributed by atoms with van der Waals surface area (Å²) in [6.45, 7) is 4.75. The minimum absolute atomic E-state index is 0.00634. The van der Waals surface area contributed by atoms with Gasteiger partial charge in [-0.1, -0.05) is 13.8 Å². The fourth-order valence-corrected chi connectivity index (χ4v) is 3.36. The van der Waals surface area contributed by atoms with Crippen LogP contribution in [0.4, 0.5) is 10.1 Å². The molecular weight excluding hydrogens is 283 g/mol. The average molecular weight is 304 g/mol. The van der Waals surface area contributed by atoms with Crippen molar-refractivity contribution in [3.05, 3.63) is 24.0 Å². The Bertz CT molecular complexity index is 547. The van der Waals surface area contributed by atoms with Crippen molar-refractivity contribution in [2.75, 3.05) is 32.5 Å². The highest BCUT2D eigenvalue weighted by Gasteiger charge is 2.25.